The molecule has 9 heteroatoms. The molecule has 1 aliphatic rings. The number of hydrogen-bond donors (Lipinski definition) is 0. The van der Waals surface area contributed by atoms with Crippen molar-refractivity contribution in [1.29, 1.82) is 0 Å². The van der Waals surface area contributed by atoms with Crippen molar-refractivity contribution in [3.63, 3.8) is 0 Å². The van der Waals surface area contributed by atoms with Crippen LogP contribution in [0.15, 0.2) is 24.5 Å². The lowest BCUT2D eigenvalue weighted by Crippen LogP contribution is -2.36. The first-order valence-electron chi connectivity index (χ1n) is 6.80. The zero-order chi connectivity index (χ0) is 15.7. The van der Waals surface area contributed by atoms with Crippen LogP contribution in [0.2, 0.25) is 0 Å². The van der Waals surface area contributed by atoms with Crippen LogP contribution in [0.4, 0.5) is 20.2 Å². The summed E-state index contributed by atoms with van der Waals surface area (Å²) in [6.45, 7) is 0.881. The van der Waals surface area contributed by atoms with Gasteiger partial charge in [-0.3, -0.25) is 10.1 Å². The van der Waals surface area contributed by atoms with Gasteiger partial charge in [-0.05, 0) is 12.8 Å². The third-order valence-corrected chi connectivity index (χ3v) is 3.81. The van der Waals surface area contributed by atoms with E-state index < -0.39 is 22.2 Å². The topological polar surface area (TPSA) is 77.1 Å². The maximum Gasteiger partial charge on any atom is 0.275 e. The summed E-state index contributed by atoms with van der Waals surface area (Å²) >= 11 is 0. The standard InChI is InChI=1S/C13H13F2N5O2/c14-11-7-10(20(21)22)8-12(15)13(11)18-4-1-9(2-5-18)19-6-3-16-17-19/h3,6-9H,1-2,4-5H2. The molecule has 0 amide bonds. The van der Waals surface area contributed by atoms with E-state index in [1.165, 1.54) is 0 Å². The number of hydrogen-bond acceptors (Lipinski definition) is 5. The van der Waals surface area contributed by atoms with Crippen LogP contribution in [0, 0.1) is 21.7 Å². The molecule has 3 rings (SSSR count). The Balaban J connectivity index is 1.77. The lowest BCUT2D eigenvalue weighted by Gasteiger charge is -2.33. The Hall–Kier alpha value is -2.58. The van der Waals surface area contributed by atoms with Crippen molar-refractivity contribution in [2.45, 2.75) is 18.9 Å². The van der Waals surface area contributed by atoms with Crippen molar-refractivity contribution in [1.82, 2.24) is 15.0 Å². The fourth-order valence-corrected chi connectivity index (χ4v) is 2.73. The van der Waals surface area contributed by atoms with E-state index in [-0.39, 0.29) is 11.7 Å². The van der Waals surface area contributed by atoms with E-state index >= 15 is 0 Å². The second kappa shape index (κ2) is 5.66. The highest BCUT2D eigenvalue weighted by Crippen LogP contribution is 2.32. The molecule has 0 spiro atoms. The number of nitrogens with zero attached hydrogens (tertiary/aromatic N) is 5. The molecule has 0 aliphatic carbocycles. The second-order valence-corrected chi connectivity index (χ2v) is 5.12. The van der Waals surface area contributed by atoms with E-state index in [4.69, 9.17) is 0 Å². The summed E-state index contributed by atoms with van der Waals surface area (Å²) in [7, 11) is 0. The fourth-order valence-electron chi connectivity index (χ4n) is 2.73. The van der Waals surface area contributed by atoms with E-state index in [1.54, 1.807) is 22.0 Å². The smallest absolute Gasteiger partial charge is 0.275 e. The summed E-state index contributed by atoms with van der Waals surface area (Å²) in [6, 6.07) is 1.65. The number of halogens is 2. The molecule has 2 heterocycles. The summed E-state index contributed by atoms with van der Waals surface area (Å²) in [5.74, 6) is -1.82. The molecule has 1 aromatic heterocycles. The van der Waals surface area contributed by atoms with Gasteiger partial charge in [0, 0.05) is 19.3 Å². The average molecular weight is 309 g/mol. The molecule has 0 bridgehead atoms. The minimum Gasteiger partial charge on any atom is -0.367 e. The van der Waals surface area contributed by atoms with Crippen LogP contribution >= 0.6 is 0 Å². The van der Waals surface area contributed by atoms with Crippen molar-refractivity contribution in [2.24, 2.45) is 0 Å². The van der Waals surface area contributed by atoms with Crippen LogP contribution in [-0.4, -0.2) is 33.0 Å². The van der Waals surface area contributed by atoms with Crippen molar-refractivity contribution >= 4 is 11.4 Å². The van der Waals surface area contributed by atoms with Crippen LogP contribution in [0.1, 0.15) is 18.9 Å². The summed E-state index contributed by atoms with van der Waals surface area (Å²) < 4.78 is 29.8. The van der Waals surface area contributed by atoms with Gasteiger partial charge in [0.25, 0.3) is 5.69 Å². The zero-order valence-electron chi connectivity index (χ0n) is 11.5. The average Bonchev–Trinajstić information content (AvgIpc) is 3.01. The zero-order valence-corrected chi connectivity index (χ0v) is 11.5. The lowest BCUT2D eigenvalue weighted by atomic mass is 10.0. The van der Waals surface area contributed by atoms with E-state index in [9.17, 15) is 18.9 Å². The minimum absolute atomic E-state index is 0.142. The maximum absolute atomic E-state index is 14.0. The molecule has 7 nitrogen and oxygen atoms in total. The molecule has 116 valence electrons. The van der Waals surface area contributed by atoms with Gasteiger partial charge in [0.2, 0.25) is 0 Å². The predicted octanol–water partition coefficient (Wildman–Crippen LogP) is 2.31. The lowest BCUT2D eigenvalue weighted by molar-refractivity contribution is -0.385. The molecule has 2 aromatic rings. The summed E-state index contributed by atoms with van der Waals surface area (Å²) in [5.41, 5.74) is -0.793. The first-order valence-corrected chi connectivity index (χ1v) is 6.80. The number of anilines is 1. The molecule has 0 atom stereocenters. The fraction of sp³-hybridized carbons (Fsp3) is 0.385. The number of aromatic nitrogens is 3. The van der Waals surface area contributed by atoms with Gasteiger partial charge in [0.1, 0.15) is 5.69 Å². The van der Waals surface area contributed by atoms with Gasteiger partial charge < -0.3 is 4.90 Å². The van der Waals surface area contributed by atoms with Crippen LogP contribution in [0.3, 0.4) is 0 Å². The Labute approximate surface area is 124 Å². The number of nitro groups is 1. The highest BCUT2D eigenvalue weighted by Gasteiger charge is 2.26. The van der Waals surface area contributed by atoms with Gasteiger partial charge >= 0.3 is 0 Å². The van der Waals surface area contributed by atoms with Crippen molar-refractivity contribution in [2.75, 3.05) is 18.0 Å². The Kier molecular flexibility index (Phi) is 3.70. The molecule has 22 heavy (non-hydrogen) atoms. The molecular formula is C13H13F2N5O2. The van der Waals surface area contributed by atoms with Gasteiger partial charge in [-0.25, -0.2) is 13.5 Å². The minimum atomic E-state index is -0.911. The van der Waals surface area contributed by atoms with Gasteiger partial charge in [-0.2, -0.15) is 0 Å². The molecule has 0 radical (unpaired) electrons. The highest BCUT2D eigenvalue weighted by atomic mass is 19.1. The summed E-state index contributed by atoms with van der Waals surface area (Å²) in [5, 5.41) is 18.3. The van der Waals surface area contributed by atoms with Crippen LogP contribution < -0.4 is 4.90 Å². The van der Waals surface area contributed by atoms with Gasteiger partial charge in [0.05, 0.1) is 29.3 Å². The number of benzene rings is 1. The van der Waals surface area contributed by atoms with Gasteiger partial charge in [-0.15, -0.1) is 5.10 Å². The molecule has 0 unspecified atom stereocenters. The van der Waals surface area contributed by atoms with Crippen molar-refractivity contribution < 1.29 is 13.7 Å². The Morgan fingerprint density at radius 1 is 1.23 bits per heavy atom. The normalized spacial score (nSPS) is 16.0. The van der Waals surface area contributed by atoms with E-state index in [0.717, 1.165) is 12.1 Å². The van der Waals surface area contributed by atoms with Gasteiger partial charge in [-0.1, -0.05) is 5.21 Å². The number of rotatable bonds is 3. The molecule has 1 saturated heterocycles. The third-order valence-electron chi connectivity index (χ3n) is 3.81. The number of piperidine rings is 1. The van der Waals surface area contributed by atoms with Crippen LogP contribution in [0.5, 0.6) is 0 Å². The molecule has 1 fully saturated rings. The molecule has 0 N–H and O–H groups in total. The molecule has 0 saturated carbocycles. The molecular weight excluding hydrogens is 296 g/mol. The van der Waals surface area contributed by atoms with Crippen molar-refractivity contribution in [3.05, 3.63) is 46.3 Å². The predicted molar refractivity (Wildman–Crippen MR) is 73.5 cm³/mol. The molecule has 1 aromatic carbocycles. The third kappa shape index (κ3) is 2.61. The maximum atomic E-state index is 14.0. The van der Waals surface area contributed by atoms with E-state index in [2.05, 4.69) is 10.3 Å². The summed E-state index contributed by atoms with van der Waals surface area (Å²) in [6.07, 6.45) is 4.67. The largest absolute Gasteiger partial charge is 0.367 e. The SMILES string of the molecule is O=[N+]([O-])c1cc(F)c(N2CCC(n3ccnn3)CC2)c(F)c1. The first-order chi connectivity index (χ1) is 10.6. The van der Waals surface area contributed by atoms with Gasteiger partial charge in [0.15, 0.2) is 11.6 Å². The first kappa shape index (κ1) is 14.4. The molecule has 1 aliphatic heterocycles. The quantitative estimate of drug-likeness (QED) is 0.642. The Morgan fingerprint density at radius 2 is 1.86 bits per heavy atom. The monoisotopic (exact) mass is 309 g/mol. The Morgan fingerprint density at radius 3 is 2.36 bits per heavy atom. The number of non-ortho nitro benzene ring substituents is 1. The van der Waals surface area contributed by atoms with Crippen LogP contribution in [0.25, 0.3) is 0 Å². The Bertz CT molecular complexity index is 661. The van der Waals surface area contributed by atoms with E-state index in [0.29, 0.717) is 25.9 Å². The van der Waals surface area contributed by atoms with Crippen LogP contribution in [-0.2, 0) is 0 Å². The van der Waals surface area contributed by atoms with Crippen molar-refractivity contribution in [3.8, 4) is 0 Å². The second-order valence-electron chi connectivity index (χ2n) is 5.12. The number of nitro benzene ring substituents is 1. The highest BCUT2D eigenvalue weighted by molar-refractivity contribution is 5.54. The summed E-state index contributed by atoms with van der Waals surface area (Å²) in [4.78, 5) is 11.4. The van der Waals surface area contributed by atoms with E-state index in [1.807, 2.05) is 0 Å².